The van der Waals surface area contributed by atoms with Gasteiger partial charge in [-0.2, -0.15) is 0 Å². The predicted molar refractivity (Wildman–Crippen MR) is 59.7 cm³/mol. The van der Waals surface area contributed by atoms with Gasteiger partial charge < -0.3 is 14.6 Å². The summed E-state index contributed by atoms with van der Waals surface area (Å²) in [7, 11) is 0. The Bertz CT molecular complexity index is 142. The van der Waals surface area contributed by atoms with Crippen molar-refractivity contribution in [2.45, 2.75) is 64.3 Å². The van der Waals surface area contributed by atoms with Crippen LogP contribution in [0.3, 0.4) is 0 Å². The molecule has 0 aromatic heterocycles. The zero-order valence-corrected chi connectivity index (χ0v) is 9.78. The fraction of sp³-hybridized carbons (Fsp3) is 1.00. The molecule has 1 fully saturated rings. The smallest absolute Gasteiger partial charge is 0.157 e. The first kappa shape index (κ1) is 12.9. The molecule has 0 aliphatic carbocycles. The van der Waals surface area contributed by atoms with Gasteiger partial charge in [-0.05, 0) is 26.2 Å². The summed E-state index contributed by atoms with van der Waals surface area (Å²) in [5.74, 6) is 0. The molecular weight excluding hydrogens is 192 g/mol. The van der Waals surface area contributed by atoms with E-state index in [2.05, 4.69) is 0 Å². The van der Waals surface area contributed by atoms with Crippen molar-refractivity contribution >= 4 is 0 Å². The second-order valence-corrected chi connectivity index (χ2v) is 4.37. The number of unbranched alkanes of at least 4 members (excludes halogenated alkanes) is 4. The number of hydrogen-bond acceptors (Lipinski definition) is 3. The Labute approximate surface area is 92.8 Å². The minimum atomic E-state index is -0.134. The van der Waals surface area contributed by atoms with Crippen molar-refractivity contribution in [2.75, 3.05) is 13.2 Å². The molecule has 1 atom stereocenters. The second kappa shape index (κ2) is 8.08. The van der Waals surface area contributed by atoms with Crippen LogP contribution >= 0.6 is 0 Å². The first-order valence-corrected chi connectivity index (χ1v) is 6.20. The van der Waals surface area contributed by atoms with E-state index in [4.69, 9.17) is 14.6 Å². The Morgan fingerprint density at radius 1 is 1.07 bits per heavy atom. The molecule has 0 aromatic rings. The standard InChI is InChI=1S/C12H24O3/c1-11(13)7-5-3-2-4-6-8-12-14-9-10-15-12/h11-13H,2-10H2,1H3. The Hall–Kier alpha value is -0.120. The summed E-state index contributed by atoms with van der Waals surface area (Å²) in [4.78, 5) is 0. The average molecular weight is 216 g/mol. The molecular formula is C12H24O3. The fourth-order valence-electron chi connectivity index (χ4n) is 1.85. The van der Waals surface area contributed by atoms with Crippen LogP contribution in [0.2, 0.25) is 0 Å². The van der Waals surface area contributed by atoms with Crippen LogP contribution in [-0.2, 0) is 9.47 Å². The van der Waals surface area contributed by atoms with Crippen LogP contribution in [0, 0.1) is 0 Å². The molecule has 90 valence electrons. The van der Waals surface area contributed by atoms with E-state index in [1.807, 2.05) is 6.92 Å². The van der Waals surface area contributed by atoms with Crippen molar-refractivity contribution in [3.05, 3.63) is 0 Å². The first-order chi connectivity index (χ1) is 7.29. The Kier molecular flexibility index (Phi) is 6.98. The van der Waals surface area contributed by atoms with E-state index in [1.54, 1.807) is 0 Å². The van der Waals surface area contributed by atoms with Crippen molar-refractivity contribution in [2.24, 2.45) is 0 Å². The van der Waals surface area contributed by atoms with Crippen LogP contribution < -0.4 is 0 Å². The summed E-state index contributed by atoms with van der Waals surface area (Å²) in [5.41, 5.74) is 0. The van der Waals surface area contributed by atoms with E-state index in [-0.39, 0.29) is 12.4 Å². The van der Waals surface area contributed by atoms with Gasteiger partial charge in [-0.1, -0.05) is 25.7 Å². The SMILES string of the molecule is CC(O)CCCCCCCC1OCCO1. The number of aliphatic hydroxyl groups excluding tert-OH is 1. The van der Waals surface area contributed by atoms with Crippen LogP contribution in [-0.4, -0.2) is 30.7 Å². The summed E-state index contributed by atoms with van der Waals surface area (Å²) in [6.07, 6.45) is 8.01. The third-order valence-corrected chi connectivity index (χ3v) is 2.75. The predicted octanol–water partition coefficient (Wildman–Crippen LogP) is 2.47. The van der Waals surface area contributed by atoms with Crippen LogP contribution in [0.5, 0.6) is 0 Å². The van der Waals surface area contributed by atoms with Gasteiger partial charge in [-0.3, -0.25) is 0 Å². The lowest BCUT2D eigenvalue weighted by molar-refractivity contribution is -0.0480. The maximum absolute atomic E-state index is 9.07. The number of ether oxygens (including phenoxy) is 2. The van der Waals surface area contributed by atoms with Crippen molar-refractivity contribution < 1.29 is 14.6 Å². The fourth-order valence-corrected chi connectivity index (χ4v) is 1.85. The van der Waals surface area contributed by atoms with Gasteiger partial charge in [0.15, 0.2) is 6.29 Å². The molecule has 0 amide bonds. The lowest BCUT2D eigenvalue weighted by atomic mass is 10.1. The van der Waals surface area contributed by atoms with Gasteiger partial charge in [0.25, 0.3) is 0 Å². The molecule has 3 heteroatoms. The van der Waals surface area contributed by atoms with Crippen molar-refractivity contribution in [3.8, 4) is 0 Å². The molecule has 1 aliphatic rings. The Balaban J connectivity index is 1.76. The van der Waals surface area contributed by atoms with Gasteiger partial charge in [0.1, 0.15) is 0 Å². The van der Waals surface area contributed by atoms with Crippen LogP contribution in [0.1, 0.15) is 51.9 Å². The minimum Gasteiger partial charge on any atom is -0.393 e. The molecule has 0 spiro atoms. The quantitative estimate of drug-likeness (QED) is 0.633. The van der Waals surface area contributed by atoms with Gasteiger partial charge in [0.2, 0.25) is 0 Å². The molecule has 1 rings (SSSR count). The third kappa shape index (κ3) is 6.88. The van der Waals surface area contributed by atoms with E-state index in [1.165, 1.54) is 25.7 Å². The summed E-state index contributed by atoms with van der Waals surface area (Å²) < 4.78 is 10.7. The maximum Gasteiger partial charge on any atom is 0.157 e. The number of rotatable bonds is 8. The molecule has 15 heavy (non-hydrogen) atoms. The summed E-state index contributed by atoms with van der Waals surface area (Å²) in [5, 5.41) is 9.07. The molecule has 0 bridgehead atoms. The van der Waals surface area contributed by atoms with Gasteiger partial charge in [0, 0.05) is 0 Å². The van der Waals surface area contributed by atoms with Gasteiger partial charge in [-0.15, -0.1) is 0 Å². The minimum absolute atomic E-state index is 0.0717. The molecule has 1 heterocycles. The van der Waals surface area contributed by atoms with E-state index in [0.29, 0.717) is 0 Å². The molecule has 3 nitrogen and oxygen atoms in total. The van der Waals surface area contributed by atoms with E-state index >= 15 is 0 Å². The number of hydrogen-bond donors (Lipinski definition) is 1. The molecule has 0 radical (unpaired) electrons. The lowest BCUT2D eigenvalue weighted by Crippen LogP contribution is -2.06. The van der Waals surface area contributed by atoms with E-state index in [9.17, 15) is 0 Å². The second-order valence-electron chi connectivity index (χ2n) is 4.37. The molecule has 1 saturated heterocycles. The molecule has 1 unspecified atom stereocenters. The average Bonchev–Trinajstić information content (AvgIpc) is 2.68. The normalized spacial score (nSPS) is 19.6. The Morgan fingerprint density at radius 3 is 2.33 bits per heavy atom. The van der Waals surface area contributed by atoms with Crippen LogP contribution in [0.4, 0.5) is 0 Å². The monoisotopic (exact) mass is 216 g/mol. The van der Waals surface area contributed by atoms with E-state index in [0.717, 1.165) is 32.5 Å². The zero-order chi connectivity index (χ0) is 10.9. The Morgan fingerprint density at radius 2 is 1.67 bits per heavy atom. The summed E-state index contributed by atoms with van der Waals surface area (Å²) in [6, 6.07) is 0. The lowest BCUT2D eigenvalue weighted by Gasteiger charge is -2.08. The molecule has 0 saturated carbocycles. The summed E-state index contributed by atoms with van der Waals surface area (Å²) >= 11 is 0. The topological polar surface area (TPSA) is 38.7 Å². The molecule has 1 aliphatic heterocycles. The van der Waals surface area contributed by atoms with Crippen molar-refractivity contribution in [1.29, 1.82) is 0 Å². The van der Waals surface area contributed by atoms with E-state index < -0.39 is 0 Å². The highest BCUT2D eigenvalue weighted by Crippen LogP contribution is 2.14. The highest BCUT2D eigenvalue weighted by atomic mass is 16.7. The highest BCUT2D eigenvalue weighted by Gasteiger charge is 2.14. The third-order valence-electron chi connectivity index (χ3n) is 2.75. The maximum atomic E-state index is 9.07. The zero-order valence-electron chi connectivity index (χ0n) is 9.78. The first-order valence-electron chi connectivity index (χ1n) is 6.20. The van der Waals surface area contributed by atoms with Gasteiger partial charge in [-0.25, -0.2) is 0 Å². The van der Waals surface area contributed by atoms with Crippen molar-refractivity contribution in [3.63, 3.8) is 0 Å². The van der Waals surface area contributed by atoms with Crippen LogP contribution in [0.25, 0.3) is 0 Å². The summed E-state index contributed by atoms with van der Waals surface area (Å²) in [6.45, 7) is 3.38. The van der Waals surface area contributed by atoms with Gasteiger partial charge >= 0.3 is 0 Å². The largest absolute Gasteiger partial charge is 0.393 e. The molecule has 1 N–H and O–H groups in total. The highest BCUT2D eigenvalue weighted by molar-refractivity contribution is 4.54. The molecule has 0 aromatic carbocycles. The van der Waals surface area contributed by atoms with Crippen LogP contribution in [0.15, 0.2) is 0 Å². The van der Waals surface area contributed by atoms with Gasteiger partial charge in [0.05, 0.1) is 19.3 Å². The van der Waals surface area contributed by atoms with Crippen molar-refractivity contribution in [1.82, 2.24) is 0 Å². The number of aliphatic hydroxyl groups is 1.